The Balaban J connectivity index is 1.30. The van der Waals surface area contributed by atoms with Gasteiger partial charge in [0.15, 0.2) is 0 Å². The van der Waals surface area contributed by atoms with Gasteiger partial charge in [-0.1, -0.05) is 12.2 Å². The molecule has 1 aliphatic heterocycles. The molecule has 0 aromatic heterocycles. The summed E-state index contributed by atoms with van der Waals surface area (Å²) in [4.78, 5) is 45.9. The van der Waals surface area contributed by atoms with Crippen molar-refractivity contribution in [3.05, 3.63) is 80.4 Å². The summed E-state index contributed by atoms with van der Waals surface area (Å²) >= 11 is 0. The first-order chi connectivity index (χ1) is 15.8. The number of ether oxygens (including phenoxy) is 1. The molecule has 0 N–H and O–H groups in total. The zero-order chi connectivity index (χ0) is 23.3. The van der Waals surface area contributed by atoms with E-state index >= 15 is 0 Å². The number of carbonyl (C=O) groups excluding carboxylic acids is 2. The van der Waals surface area contributed by atoms with Crippen molar-refractivity contribution >= 4 is 29.4 Å². The van der Waals surface area contributed by atoms with E-state index in [1.807, 2.05) is 12.2 Å². The number of non-ortho nitro benzene ring substituents is 1. The number of hydrazone groups is 1. The van der Waals surface area contributed by atoms with Crippen molar-refractivity contribution in [2.75, 3.05) is 0 Å². The molecule has 4 atom stereocenters. The van der Waals surface area contributed by atoms with Gasteiger partial charge in [-0.15, -0.1) is 0 Å². The Labute approximate surface area is 186 Å². The molecule has 0 unspecified atom stereocenters. The molecule has 1 saturated carbocycles. The van der Waals surface area contributed by atoms with Gasteiger partial charge in [-0.25, -0.2) is 0 Å². The van der Waals surface area contributed by atoms with Crippen molar-refractivity contribution in [3.8, 4) is 11.5 Å². The lowest BCUT2D eigenvalue weighted by Gasteiger charge is -2.13. The summed E-state index contributed by atoms with van der Waals surface area (Å²) in [7, 11) is 0. The summed E-state index contributed by atoms with van der Waals surface area (Å²) in [6, 6.07) is 9.37. The van der Waals surface area contributed by atoms with Gasteiger partial charge in [0.05, 0.1) is 34.0 Å². The standard InChI is InChI=1S/C22H16N4O7/c27-21-19-13-3-4-14(9-13)20(19)22(28)24(21)23-11-12-1-6-16(7-2-12)33-18-8-5-15(25(29)30)10-17(18)26(31)32/h1-8,10-11,13-14,19-20H,9H2/b23-11-/t13-,14-,19-,20-/m0/s1. The number of imide groups is 1. The van der Waals surface area contributed by atoms with Crippen LogP contribution >= 0.6 is 0 Å². The maximum atomic E-state index is 12.7. The minimum atomic E-state index is -0.759. The van der Waals surface area contributed by atoms with Crippen molar-refractivity contribution in [1.29, 1.82) is 0 Å². The largest absolute Gasteiger partial charge is 0.450 e. The zero-order valence-corrected chi connectivity index (χ0v) is 16.9. The Morgan fingerprint density at radius 3 is 2.15 bits per heavy atom. The first-order valence-corrected chi connectivity index (χ1v) is 10.1. The molecule has 2 fully saturated rings. The number of nitro benzene ring substituents is 2. The lowest BCUT2D eigenvalue weighted by atomic mass is 9.85. The Kier molecular flexibility index (Phi) is 4.73. The number of hydrogen-bond donors (Lipinski definition) is 0. The third-order valence-electron chi connectivity index (χ3n) is 6.23. The SMILES string of the molecule is O=C1[C@@H]2[C@@H](C(=O)N1/N=C\c1ccc(Oc3ccc([N+](=O)[O-])cc3[N+](=O)[O-])cc1)[C@H]1C=C[C@H]2C1. The minimum Gasteiger partial charge on any atom is -0.450 e. The van der Waals surface area contributed by atoms with Gasteiger partial charge in [0.25, 0.3) is 17.5 Å². The summed E-state index contributed by atoms with van der Waals surface area (Å²) < 4.78 is 5.52. The van der Waals surface area contributed by atoms with Gasteiger partial charge >= 0.3 is 5.69 Å². The molecule has 0 spiro atoms. The Hall–Kier alpha value is -4.41. The van der Waals surface area contributed by atoms with Crippen molar-refractivity contribution in [1.82, 2.24) is 5.01 Å². The molecule has 11 heteroatoms. The summed E-state index contributed by atoms with van der Waals surface area (Å²) in [5, 5.41) is 27.1. The van der Waals surface area contributed by atoms with E-state index < -0.39 is 21.2 Å². The van der Waals surface area contributed by atoms with Crippen LogP contribution in [-0.4, -0.2) is 32.9 Å². The summed E-state index contributed by atoms with van der Waals surface area (Å²) in [6.45, 7) is 0. The van der Waals surface area contributed by atoms with Crippen LogP contribution in [0.1, 0.15) is 12.0 Å². The van der Waals surface area contributed by atoms with E-state index in [2.05, 4.69) is 5.10 Å². The molecule has 2 bridgehead atoms. The Morgan fingerprint density at radius 2 is 1.58 bits per heavy atom. The smallest absolute Gasteiger partial charge is 0.318 e. The fourth-order valence-electron chi connectivity index (χ4n) is 4.72. The molecule has 2 amide bonds. The molecule has 1 saturated heterocycles. The van der Waals surface area contributed by atoms with Crippen molar-refractivity contribution in [2.24, 2.45) is 28.8 Å². The molecule has 166 valence electrons. The Morgan fingerprint density at radius 1 is 0.939 bits per heavy atom. The minimum absolute atomic E-state index is 0.108. The van der Waals surface area contributed by atoms with Crippen LogP contribution in [0.15, 0.2) is 59.7 Å². The number of nitro groups is 2. The first-order valence-electron chi connectivity index (χ1n) is 10.1. The quantitative estimate of drug-likeness (QED) is 0.216. The number of rotatable bonds is 6. The number of allylic oxidation sites excluding steroid dienone is 2. The summed E-state index contributed by atoms with van der Waals surface area (Å²) in [6.07, 6.45) is 6.26. The topological polar surface area (TPSA) is 145 Å². The van der Waals surface area contributed by atoms with Crippen LogP contribution in [0.5, 0.6) is 11.5 Å². The normalized spacial score (nSPS) is 25.2. The number of fused-ring (bicyclic) bond motifs is 5. The van der Waals surface area contributed by atoms with Crippen LogP contribution in [0.25, 0.3) is 0 Å². The number of benzene rings is 2. The van der Waals surface area contributed by atoms with Crippen LogP contribution in [0.4, 0.5) is 11.4 Å². The second-order valence-electron chi connectivity index (χ2n) is 8.07. The highest BCUT2D eigenvalue weighted by Gasteiger charge is 2.59. The van der Waals surface area contributed by atoms with E-state index in [0.29, 0.717) is 5.56 Å². The van der Waals surface area contributed by atoms with Gasteiger partial charge in [0.2, 0.25) is 5.75 Å². The van der Waals surface area contributed by atoms with Gasteiger partial charge in [0.1, 0.15) is 5.75 Å². The molecular weight excluding hydrogens is 432 g/mol. The Bertz CT molecular complexity index is 1220. The van der Waals surface area contributed by atoms with Crippen molar-refractivity contribution < 1.29 is 24.2 Å². The maximum absolute atomic E-state index is 12.7. The second-order valence-corrected chi connectivity index (χ2v) is 8.07. The molecule has 1 heterocycles. The molecule has 2 aliphatic carbocycles. The van der Waals surface area contributed by atoms with E-state index in [9.17, 15) is 29.8 Å². The fourth-order valence-corrected chi connectivity index (χ4v) is 4.72. The van der Waals surface area contributed by atoms with Gasteiger partial charge < -0.3 is 4.74 Å². The molecular formula is C22H16N4O7. The molecule has 2 aromatic carbocycles. The van der Waals surface area contributed by atoms with Gasteiger partial charge in [-0.05, 0) is 54.2 Å². The third kappa shape index (κ3) is 3.43. The average Bonchev–Trinajstić information content (AvgIpc) is 3.47. The van der Waals surface area contributed by atoms with Gasteiger partial charge in [0, 0.05) is 6.07 Å². The predicted molar refractivity (Wildman–Crippen MR) is 113 cm³/mol. The maximum Gasteiger partial charge on any atom is 0.318 e. The lowest BCUT2D eigenvalue weighted by molar-refractivity contribution is -0.394. The van der Waals surface area contributed by atoms with E-state index in [0.717, 1.165) is 29.6 Å². The van der Waals surface area contributed by atoms with E-state index in [1.165, 1.54) is 18.3 Å². The molecule has 3 aliphatic rings. The van der Waals surface area contributed by atoms with Crippen molar-refractivity contribution in [3.63, 3.8) is 0 Å². The van der Waals surface area contributed by atoms with E-state index in [-0.39, 0.29) is 47.0 Å². The number of hydrogen-bond acceptors (Lipinski definition) is 8. The number of nitrogens with zero attached hydrogens (tertiary/aromatic N) is 4. The predicted octanol–water partition coefficient (Wildman–Crippen LogP) is 3.44. The summed E-state index contributed by atoms with van der Waals surface area (Å²) in [5.41, 5.74) is -0.367. The van der Waals surface area contributed by atoms with Crippen molar-refractivity contribution in [2.45, 2.75) is 6.42 Å². The molecule has 11 nitrogen and oxygen atoms in total. The lowest BCUT2D eigenvalue weighted by Crippen LogP contribution is -2.28. The van der Waals surface area contributed by atoms with Crippen LogP contribution in [0.2, 0.25) is 0 Å². The molecule has 5 rings (SSSR count). The highest BCUT2D eigenvalue weighted by atomic mass is 16.6. The molecule has 2 aromatic rings. The summed E-state index contributed by atoms with van der Waals surface area (Å²) in [5.74, 6) is -0.860. The molecule has 0 radical (unpaired) electrons. The van der Waals surface area contributed by atoms with E-state index in [1.54, 1.807) is 12.1 Å². The number of amides is 2. The zero-order valence-electron chi connectivity index (χ0n) is 16.9. The highest BCUT2D eigenvalue weighted by molar-refractivity contribution is 6.06. The highest BCUT2D eigenvalue weighted by Crippen LogP contribution is 2.52. The van der Waals surface area contributed by atoms with E-state index in [4.69, 9.17) is 4.74 Å². The van der Waals surface area contributed by atoms with Crippen LogP contribution in [0.3, 0.4) is 0 Å². The van der Waals surface area contributed by atoms with Gasteiger partial charge in [-0.3, -0.25) is 29.8 Å². The van der Waals surface area contributed by atoms with Crippen LogP contribution in [-0.2, 0) is 9.59 Å². The third-order valence-corrected chi connectivity index (χ3v) is 6.23. The second kappa shape index (κ2) is 7.62. The monoisotopic (exact) mass is 448 g/mol. The fraction of sp³-hybridized carbons (Fsp3) is 0.227. The average molecular weight is 448 g/mol. The van der Waals surface area contributed by atoms with Gasteiger partial charge in [-0.2, -0.15) is 10.1 Å². The first kappa shape index (κ1) is 20.5. The van der Waals surface area contributed by atoms with Crippen LogP contribution < -0.4 is 4.74 Å². The van der Waals surface area contributed by atoms with Crippen LogP contribution in [0, 0.1) is 43.9 Å². The number of carbonyl (C=O) groups is 2. The molecule has 33 heavy (non-hydrogen) atoms.